The van der Waals surface area contributed by atoms with E-state index in [9.17, 15) is 35.9 Å². The van der Waals surface area contributed by atoms with Crippen LogP contribution in [-0.4, -0.2) is 24.3 Å². The standard InChI is InChI=1S/C10H3F6I2O4/c11-9(12,13)7(19)21-4-1-2-5(18-17)6(3-4)22-8(20)10(14,15)16/h1-3H/q-1. The number of alkyl halides is 6. The van der Waals surface area contributed by atoms with Gasteiger partial charge in [0.05, 0.1) is 0 Å². The summed E-state index contributed by atoms with van der Waals surface area (Å²) in [6.45, 7) is 0. The Balaban J connectivity index is 3.04. The van der Waals surface area contributed by atoms with Crippen LogP contribution in [0.5, 0.6) is 11.5 Å². The van der Waals surface area contributed by atoms with Crippen LogP contribution in [0.4, 0.5) is 26.3 Å². The predicted octanol–water partition coefficient (Wildman–Crippen LogP) is 0.231. The van der Waals surface area contributed by atoms with Crippen LogP contribution in [0.2, 0.25) is 0 Å². The van der Waals surface area contributed by atoms with Gasteiger partial charge in [0.15, 0.2) is 0 Å². The van der Waals surface area contributed by atoms with Crippen LogP contribution in [0, 0.1) is 3.57 Å². The fourth-order valence-corrected chi connectivity index (χ4v) is 4.05. The molecule has 0 aliphatic carbocycles. The van der Waals surface area contributed by atoms with Crippen molar-refractivity contribution in [3.8, 4) is 11.5 Å². The number of carbonyl (C=O) groups excluding carboxylic acids is 2. The first-order chi connectivity index (χ1) is 9.95. The third-order valence-corrected chi connectivity index (χ3v) is 6.13. The number of esters is 2. The van der Waals surface area contributed by atoms with E-state index >= 15 is 0 Å². The van der Waals surface area contributed by atoms with E-state index in [4.69, 9.17) is 0 Å². The zero-order valence-electron chi connectivity index (χ0n) is 9.89. The van der Waals surface area contributed by atoms with Crippen molar-refractivity contribution in [2.24, 2.45) is 0 Å². The van der Waals surface area contributed by atoms with Gasteiger partial charge in [-0.3, -0.25) is 0 Å². The van der Waals surface area contributed by atoms with E-state index in [2.05, 4.69) is 9.47 Å². The third kappa shape index (κ3) is 5.44. The molecule has 1 aromatic rings. The summed E-state index contributed by atoms with van der Waals surface area (Å²) in [6, 6.07) is 2.71. The molecule has 0 unspecified atom stereocenters. The topological polar surface area (TPSA) is 52.6 Å². The van der Waals surface area contributed by atoms with Crippen molar-refractivity contribution in [3.05, 3.63) is 21.8 Å². The molecular formula is C10H3F6I2O4-. The first-order valence-corrected chi connectivity index (χ1v) is 12.3. The van der Waals surface area contributed by atoms with Gasteiger partial charge in [-0.25, -0.2) is 0 Å². The van der Waals surface area contributed by atoms with Crippen molar-refractivity contribution < 1.29 is 62.6 Å². The van der Waals surface area contributed by atoms with E-state index in [1.54, 1.807) is 0 Å². The van der Waals surface area contributed by atoms with Gasteiger partial charge in [0, 0.05) is 0 Å². The summed E-state index contributed by atoms with van der Waals surface area (Å²) in [5.74, 6) is -6.36. The molecule has 1 rings (SSSR count). The van der Waals surface area contributed by atoms with Gasteiger partial charge in [-0.05, 0) is 0 Å². The molecule has 12 heteroatoms. The molecule has 0 aromatic heterocycles. The minimum absolute atomic E-state index is 0.212. The van der Waals surface area contributed by atoms with Gasteiger partial charge in [0.25, 0.3) is 0 Å². The Hall–Kier alpha value is -0.800. The molecule has 1 aromatic carbocycles. The maximum absolute atomic E-state index is 12.1. The minimum atomic E-state index is -5.27. The van der Waals surface area contributed by atoms with Gasteiger partial charge in [-0.15, -0.1) is 0 Å². The second kappa shape index (κ2) is 7.18. The van der Waals surface area contributed by atoms with Crippen molar-refractivity contribution in [2.45, 2.75) is 12.4 Å². The Bertz CT molecular complexity index is 584. The molecule has 0 spiro atoms. The molecule has 0 N–H and O–H groups in total. The summed E-state index contributed by atoms with van der Waals surface area (Å²) in [6.07, 6.45) is -10.5. The molecule has 4 nitrogen and oxygen atoms in total. The summed E-state index contributed by atoms with van der Waals surface area (Å²) in [7, 11) is 0. The first kappa shape index (κ1) is 19.2. The summed E-state index contributed by atoms with van der Waals surface area (Å²) < 4.78 is 80.8. The number of benzene rings is 1. The van der Waals surface area contributed by atoms with Crippen LogP contribution in [0.25, 0.3) is 0 Å². The SMILES string of the molecule is O=C(Oc1ccc([I-]I)c(OC(=O)C(F)(F)F)c1)C(F)(F)F. The second-order valence-corrected chi connectivity index (χ2v) is 7.74. The van der Waals surface area contributed by atoms with Crippen molar-refractivity contribution in [2.75, 3.05) is 0 Å². The van der Waals surface area contributed by atoms with Gasteiger partial charge < -0.3 is 0 Å². The van der Waals surface area contributed by atoms with Gasteiger partial charge >= 0.3 is 139 Å². The Labute approximate surface area is 138 Å². The van der Waals surface area contributed by atoms with Crippen LogP contribution >= 0.6 is 18.6 Å². The third-order valence-electron chi connectivity index (χ3n) is 1.86. The molecule has 124 valence electrons. The molecule has 0 amide bonds. The quantitative estimate of drug-likeness (QED) is 0.232. The van der Waals surface area contributed by atoms with Crippen LogP contribution in [0.1, 0.15) is 0 Å². The monoisotopic (exact) mass is 555 g/mol. The van der Waals surface area contributed by atoms with Crippen molar-refractivity contribution in [3.63, 3.8) is 0 Å². The van der Waals surface area contributed by atoms with E-state index in [0.717, 1.165) is 12.1 Å². The molecule has 0 atom stereocenters. The van der Waals surface area contributed by atoms with Crippen LogP contribution in [0.15, 0.2) is 18.2 Å². The van der Waals surface area contributed by atoms with Crippen molar-refractivity contribution in [1.29, 1.82) is 0 Å². The Morgan fingerprint density at radius 2 is 1.45 bits per heavy atom. The zero-order valence-corrected chi connectivity index (χ0v) is 14.2. The Morgan fingerprint density at radius 3 is 1.91 bits per heavy atom. The molecule has 0 bridgehead atoms. The first-order valence-electron chi connectivity index (χ1n) is 4.93. The summed E-state index contributed by atoms with van der Waals surface area (Å²) in [5, 5.41) is 0. The van der Waals surface area contributed by atoms with E-state index in [1.807, 2.05) is 18.6 Å². The van der Waals surface area contributed by atoms with Gasteiger partial charge in [0.2, 0.25) is 0 Å². The number of hydrogen-bond donors (Lipinski definition) is 0. The van der Waals surface area contributed by atoms with Crippen LogP contribution in [-0.2, 0) is 9.59 Å². The van der Waals surface area contributed by atoms with Crippen LogP contribution < -0.4 is 26.7 Å². The molecule has 0 saturated carbocycles. The number of hydrogen-bond acceptors (Lipinski definition) is 4. The van der Waals surface area contributed by atoms with Gasteiger partial charge in [0.1, 0.15) is 0 Å². The second-order valence-electron chi connectivity index (χ2n) is 3.44. The van der Waals surface area contributed by atoms with Gasteiger partial charge in [-0.1, -0.05) is 0 Å². The predicted molar refractivity (Wildman–Crippen MR) is 62.5 cm³/mol. The number of halogens is 8. The van der Waals surface area contributed by atoms with Crippen molar-refractivity contribution >= 4 is 30.6 Å². The maximum atomic E-state index is 12.1. The molecule has 0 heterocycles. The van der Waals surface area contributed by atoms with E-state index in [1.165, 1.54) is 0 Å². The Morgan fingerprint density at radius 1 is 0.955 bits per heavy atom. The Kier molecular flexibility index (Phi) is 6.28. The molecule has 0 aliphatic heterocycles. The van der Waals surface area contributed by atoms with E-state index < -0.39 is 53.0 Å². The molecule has 0 saturated heterocycles. The average Bonchev–Trinajstić information content (AvgIpc) is 2.36. The summed E-state index contributed by atoms with van der Waals surface area (Å²) in [5.41, 5.74) is 0. The summed E-state index contributed by atoms with van der Waals surface area (Å²) >= 11 is 0.971. The fraction of sp³-hybridized carbons (Fsp3) is 0.200. The van der Waals surface area contributed by atoms with Crippen molar-refractivity contribution in [1.82, 2.24) is 0 Å². The van der Waals surface area contributed by atoms with E-state index in [-0.39, 0.29) is 3.57 Å². The summed E-state index contributed by atoms with van der Waals surface area (Å²) in [4.78, 5) is 21.4. The number of ether oxygens (including phenoxy) is 2. The van der Waals surface area contributed by atoms with E-state index in [0.29, 0.717) is 6.07 Å². The molecule has 0 fully saturated rings. The molecular weight excluding hydrogens is 552 g/mol. The molecule has 0 aliphatic rings. The average molecular weight is 555 g/mol. The van der Waals surface area contributed by atoms with Crippen LogP contribution in [0.3, 0.4) is 0 Å². The molecule has 0 radical (unpaired) electrons. The van der Waals surface area contributed by atoms with Gasteiger partial charge in [-0.2, -0.15) is 0 Å². The number of rotatable bonds is 3. The number of carbonyl (C=O) groups is 2. The fourth-order valence-electron chi connectivity index (χ4n) is 1.01. The zero-order chi connectivity index (χ0) is 17.1. The normalized spacial score (nSPS) is 12.1. The molecule has 22 heavy (non-hydrogen) atoms.